The van der Waals surface area contributed by atoms with Crippen LogP contribution in [0.2, 0.25) is 0 Å². The molecule has 1 aliphatic heterocycles. The van der Waals surface area contributed by atoms with E-state index in [9.17, 15) is 4.79 Å². The Kier molecular flexibility index (Phi) is 4.01. The molecule has 0 radical (unpaired) electrons. The molecule has 21 heavy (non-hydrogen) atoms. The first kappa shape index (κ1) is 13.8. The van der Waals surface area contributed by atoms with E-state index in [0.717, 1.165) is 12.8 Å². The van der Waals surface area contributed by atoms with Crippen LogP contribution in [0, 0.1) is 6.92 Å². The number of ether oxygens (including phenoxy) is 1. The molecule has 0 saturated carbocycles. The molecule has 5 heteroatoms. The molecule has 2 aromatic rings. The SMILES string of the molecule is Cc1ccc(Cn2ccc(NC(=O)C3CCCO3)n2)cc1. The molecule has 1 atom stereocenters. The number of hydrogen-bond donors (Lipinski definition) is 1. The van der Waals surface area contributed by atoms with E-state index < -0.39 is 0 Å². The number of nitrogens with one attached hydrogen (secondary N) is 1. The number of rotatable bonds is 4. The van der Waals surface area contributed by atoms with Gasteiger partial charge in [0.25, 0.3) is 5.91 Å². The van der Waals surface area contributed by atoms with Gasteiger partial charge in [0, 0.05) is 18.9 Å². The fourth-order valence-electron chi connectivity index (χ4n) is 2.39. The highest BCUT2D eigenvalue weighted by Gasteiger charge is 2.23. The highest BCUT2D eigenvalue weighted by Crippen LogP contribution is 2.14. The van der Waals surface area contributed by atoms with Crippen LogP contribution in [-0.2, 0) is 16.1 Å². The predicted molar refractivity (Wildman–Crippen MR) is 80.1 cm³/mol. The first-order valence-corrected chi connectivity index (χ1v) is 7.22. The minimum atomic E-state index is -0.327. The molecule has 1 fully saturated rings. The van der Waals surface area contributed by atoms with Gasteiger partial charge in [-0.15, -0.1) is 0 Å². The third-order valence-corrected chi connectivity index (χ3v) is 3.58. The van der Waals surface area contributed by atoms with Crippen LogP contribution in [0.15, 0.2) is 36.5 Å². The zero-order chi connectivity index (χ0) is 14.7. The minimum Gasteiger partial charge on any atom is -0.368 e. The summed E-state index contributed by atoms with van der Waals surface area (Å²) in [6.07, 6.45) is 3.27. The molecule has 0 bridgehead atoms. The average molecular weight is 285 g/mol. The summed E-state index contributed by atoms with van der Waals surface area (Å²) in [5.41, 5.74) is 2.42. The molecular weight excluding hydrogens is 266 g/mol. The monoisotopic (exact) mass is 285 g/mol. The number of nitrogens with zero attached hydrogens (tertiary/aromatic N) is 2. The average Bonchev–Trinajstić information content (AvgIpc) is 3.13. The van der Waals surface area contributed by atoms with E-state index in [4.69, 9.17) is 4.74 Å². The molecule has 5 nitrogen and oxygen atoms in total. The van der Waals surface area contributed by atoms with Gasteiger partial charge in [-0.25, -0.2) is 0 Å². The lowest BCUT2D eigenvalue weighted by Crippen LogP contribution is -2.27. The van der Waals surface area contributed by atoms with Gasteiger partial charge < -0.3 is 10.1 Å². The predicted octanol–water partition coefficient (Wildman–Crippen LogP) is 2.36. The number of amides is 1. The number of aryl methyl sites for hydroxylation is 1. The molecule has 110 valence electrons. The highest BCUT2D eigenvalue weighted by atomic mass is 16.5. The van der Waals surface area contributed by atoms with Crippen molar-refractivity contribution in [2.24, 2.45) is 0 Å². The Morgan fingerprint density at radius 3 is 2.90 bits per heavy atom. The van der Waals surface area contributed by atoms with Crippen molar-refractivity contribution in [3.05, 3.63) is 47.7 Å². The fourth-order valence-corrected chi connectivity index (χ4v) is 2.39. The van der Waals surface area contributed by atoms with Crippen LogP contribution >= 0.6 is 0 Å². The molecular formula is C16H19N3O2. The summed E-state index contributed by atoms with van der Waals surface area (Å²) in [7, 11) is 0. The molecule has 0 aliphatic carbocycles. The maximum absolute atomic E-state index is 11.9. The van der Waals surface area contributed by atoms with Crippen LogP contribution in [0.25, 0.3) is 0 Å². The summed E-state index contributed by atoms with van der Waals surface area (Å²) in [6, 6.07) is 10.1. The Balaban J connectivity index is 1.60. The molecule has 1 N–H and O–H groups in total. The van der Waals surface area contributed by atoms with E-state index in [2.05, 4.69) is 41.6 Å². The maximum atomic E-state index is 11.9. The Hall–Kier alpha value is -2.14. The zero-order valence-corrected chi connectivity index (χ0v) is 12.1. The van der Waals surface area contributed by atoms with E-state index in [1.54, 1.807) is 6.07 Å². The van der Waals surface area contributed by atoms with Gasteiger partial charge in [-0.2, -0.15) is 5.10 Å². The Morgan fingerprint density at radius 1 is 1.38 bits per heavy atom. The Labute approximate surface area is 123 Å². The van der Waals surface area contributed by atoms with Crippen molar-refractivity contribution in [3.8, 4) is 0 Å². The van der Waals surface area contributed by atoms with Crippen LogP contribution in [0.5, 0.6) is 0 Å². The second-order valence-electron chi connectivity index (χ2n) is 5.38. The van der Waals surface area contributed by atoms with Gasteiger partial charge >= 0.3 is 0 Å². The normalized spacial score (nSPS) is 17.9. The van der Waals surface area contributed by atoms with Gasteiger partial charge in [0.15, 0.2) is 5.82 Å². The molecule has 1 aromatic carbocycles. The lowest BCUT2D eigenvalue weighted by atomic mass is 10.1. The molecule has 1 aliphatic rings. The molecule has 1 saturated heterocycles. The number of carbonyl (C=O) groups is 1. The van der Waals surface area contributed by atoms with Crippen molar-refractivity contribution in [2.75, 3.05) is 11.9 Å². The largest absolute Gasteiger partial charge is 0.368 e. The van der Waals surface area contributed by atoms with E-state index in [1.807, 2.05) is 10.9 Å². The van der Waals surface area contributed by atoms with Gasteiger partial charge in [-0.05, 0) is 25.3 Å². The van der Waals surface area contributed by atoms with Crippen molar-refractivity contribution in [1.29, 1.82) is 0 Å². The molecule has 1 aromatic heterocycles. The third kappa shape index (κ3) is 3.49. The number of anilines is 1. The quantitative estimate of drug-likeness (QED) is 0.938. The zero-order valence-electron chi connectivity index (χ0n) is 12.1. The van der Waals surface area contributed by atoms with Crippen molar-refractivity contribution in [1.82, 2.24) is 9.78 Å². The van der Waals surface area contributed by atoms with Crippen LogP contribution < -0.4 is 5.32 Å². The fraction of sp³-hybridized carbons (Fsp3) is 0.375. The Bertz CT molecular complexity index is 613. The third-order valence-electron chi connectivity index (χ3n) is 3.58. The van der Waals surface area contributed by atoms with Gasteiger partial charge in [-0.3, -0.25) is 9.48 Å². The molecule has 0 spiro atoms. The number of carbonyl (C=O) groups excluding carboxylic acids is 1. The van der Waals surface area contributed by atoms with Gasteiger partial charge in [0.2, 0.25) is 0 Å². The maximum Gasteiger partial charge on any atom is 0.254 e. The van der Waals surface area contributed by atoms with Gasteiger partial charge in [0.1, 0.15) is 6.10 Å². The molecule has 1 unspecified atom stereocenters. The molecule has 3 rings (SSSR count). The van der Waals surface area contributed by atoms with Gasteiger partial charge in [0.05, 0.1) is 6.54 Å². The number of benzene rings is 1. The van der Waals surface area contributed by atoms with Crippen LogP contribution in [-0.4, -0.2) is 28.4 Å². The van der Waals surface area contributed by atoms with Crippen LogP contribution in [0.3, 0.4) is 0 Å². The van der Waals surface area contributed by atoms with Crippen LogP contribution in [0.1, 0.15) is 24.0 Å². The summed E-state index contributed by atoms with van der Waals surface area (Å²) in [5.74, 6) is 0.468. The van der Waals surface area contributed by atoms with Crippen LogP contribution in [0.4, 0.5) is 5.82 Å². The van der Waals surface area contributed by atoms with Crippen molar-refractivity contribution in [3.63, 3.8) is 0 Å². The second kappa shape index (κ2) is 6.10. The van der Waals surface area contributed by atoms with E-state index in [1.165, 1.54) is 11.1 Å². The standard InChI is InChI=1S/C16H19N3O2/c1-12-4-6-13(7-5-12)11-19-9-8-15(18-19)17-16(20)14-3-2-10-21-14/h4-9,14H,2-3,10-11H2,1H3,(H,17,18,20). The summed E-state index contributed by atoms with van der Waals surface area (Å²) in [5, 5.41) is 7.17. The highest BCUT2D eigenvalue weighted by molar-refractivity contribution is 5.93. The summed E-state index contributed by atoms with van der Waals surface area (Å²) in [4.78, 5) is 11.9. The van der Waals surface area contributed by atoms with E-state index >= 15 is 0 Å². The Morgan fingerprint density at radius 2 is 2.19 bits per heavy atom. The minimum absolute atomic E-state index is 0.104. The lowest BCUT2D eigenvalue weighted by Gasteiger charge is -2.08. The van der Waals surface area contributed by atoms with Gasteiger partial charge in [-0.1, -0.05) is 29.8 Å². The first-order valence-electron chi connectivity index (χ1n) is 7.22. The first-order chi connectivity index (χ1) is 10.2. The summed E-state index contributed by atoms with van der Waals surface area (Å²) < 4.78 is 7.17. The van der Waals surface area contributed by atoms with E-state index in [0.29, 0.717) is 19.0 Å². The number of aromatic nitrogens is 2. The molecule has 1 amide bonds. The molecule has 2 heterocycles. The van der Waals surface area contributed by atoms with Crippen molar-refractivity contribution < 1.29 is 9.53 Å². The van der Waals surface area contributed by atoms with E-state index in [-0.39, 0.29) is 12.0 Å². The summed E-state index contributed by atoms with van der Waals surface area (Å²) in [6.45, 7) is 3.42. The lowest BCUT2D eigenvalue weighted by molar-refractivity contribution is -0.124. The smallest absolute Gasteiger partial charge is 0.254 e. The van der Waals surface area contributed by atoms with Crippen molar-refractivity contribution in [2.45, 2.75) is 32.4 Å². The second-order valence-corrected chi connectivity index (χ2v) is 5.38. The summed E-state index contributed by atoms with van der Waals surface area (Å²) >= 11 is 0. The van der Waals surface area contributed by atoms with Crippen molar-refractivity contribution >= 4 is 11.7 Å². The number of hydrogen-bond acceptors (Lipinski definition) is 3. The topological polar surface area (TPSA) is 56.2 Å².